The number of amides is 5. The van der Waals surface area contributed by atoms with Crippen LogP contribution < -0.4 is 10.2 Å². The lowest BCUT2D eigenvalue weighted by molar-refractivity contribution is -0.878. The standard InChI is InChI=1S/C17H21ClN4O4/c1-11(2)8-21-15(24)16(25)22(17(21)26)10-20(3)9-14(23)19-13-7-5-4-6-12(13)18/h4-7,11H,8-10H2,1-3H3,(H,19,23)/p+1. The van der Waals surface area contributed by atoms with Crippen molar-refractivity contribution in [3.63, 3.8) is 0 Å². The topological polar surface area (TPSA) is 91.2 Å². The molecule has 2 N–H and O–H groups in total. The highest BCUT2D eigenvalue weighted by Gasteiger charge is 2.45. The van der Waals surface area contributed by atoms with Crippen molar-refractivity contribution in [1.29, 1.82) is 0 Å². The van der Waals surface area contributed by atoms with E-state index in [1.54, 1.807) is 31.3 Å². The minimum absolute atomic E-state index is 0.000649. The summed E-state index contributed by atoms with van der Waals surface area (Å²) < 4.78 is 0. The number of hydrogen-bond acceptors (Lipinski definition) is 4. The first-order valence-corrected chi connectivity index (χ1v) is 8.61. The summed E-state index contributed by atoms with van der Waals surface area (Å²) in [5.41, 5.74) is 0.485. The molecule has 1 aromatic carbocycles. The van der Waals surface area contributed by atoms with Crippen molar-refractivity contribution in [3.05, 3.63) is 29.3 Å². The van der Waals surface area contributed by atoms with Crippen LogP contribution in [0.25, 0.3) is 0 Å². The quantitative estimate of drug-likeness (QED) is 0.521. The van der Waals surface area contributed by atoms with E-state index >= 15 is 0 Å². The number of carbonyl (C=O) groups is 4. The number of quaternary nitrogens is 1. The number of para-hydroxylation sites is 1. The highest BCUT2D eigenvalue weighted by atomic mass is 35.5. The van der Waals surface area contributed by atoms with Crippen molar-refractivity contribution in [1.82, 2.24) is 9.80 Å². The number of carbonyl (C=O) groups excluding carboxylic acids is 4. The van der Waals surface area contributed by atoms with Crippen molar-refractivity contribution in [2.45, 2.75) is 13.8 Å². The highest BCUT2D eigenvalue weighted by Crippen LogP contribution is 2.20. The van der Waals surface area contributed by atoms with E-state index < -0.39 is 17.8 Å². The van der Waals surface area contributed by atoms with Gasteiger partial charge in [0.2, 0.25) is 0 Å². The van der Waals surface area contributed by atoms with Crippen molar-refractivity contribution in [2.75, 3.05) is 32.1 Å². The molecule has 26 heavy (non-hydrogen) atoms. The fourth-order valence-electron chi connectivity index (χ4n) is 2.57. The number of urea groups is 1. The van der Waals surface area contributed by atoms with Gasteiger partial charge in [-0.3, -0.25) is 19.3 Å². The van der Waals surface area contributed by atoms with Gasteiger partial charge in [-0.25, -0.2) is 9.69 Å². The molecule has 2 rings (SSSR count). The van der Waals surface area contributed by atoms with Crippen molar-refractivity contribution >= 4 is 41.0 Å². The molecule has 1 aliphatic rings. The summed E-state index contributed by atoms with van der Waals surface area (Å²) in [6.07, 6.45) is 0. The van der Waals surface area contributed by atoms with E-state index in [4.69, 9.17) is 11.6 Å². The van der Waals surface area contributed by atoms with Gasteiger partial charge in [0.15, 0.2) is 13.2 Å². The summed E-state index contributed by atoms with van der Waals surface area (Å²) in [5.74, 6) is -1.94. The van der Waals surface area contributed by atoms with Gasteiger partial charge in [-0.05, 0) is 18.1 Å². The second-order valence-corrected chi connectivity index (χ2v) is 7.05. The molecule has 9 heteroatoms. The summed E-state index contributed by atoms with van der Waals surface area (Å²) in [5, 5.41) is 3.09. The molecule has 0 bridgehead atoms. The van der Waals surface area contributed by atoms with Crippen molar-refractivity contribution in [2.24, 2.45) is 5.92 Å². The molecule has 1 saturated heterocycles. The molecule has 5 amide bonds. The predicted octanol–water partition coefficient (Wildman–Crippen LogP) is 0.198. The Morgan fingerprint density at radius 1 is 1.15 bits per heavy atom. The van der Waals surface area contributed by atoms with Gasteiger partial charge in [0.25, 0.3) is 5.91 Å². The van der Waals surface area contributed by atoms with Gasteiger partial charge in [-0.2, -0.15) is 0 Å². The molecule has 0 spiro atoms. The first-order chi connectivity index (χ1) is 12.2. The van der Waals surface area contributed by atoms with E-state index in [2.05, 4.69) is 5.32 Å². The third-order valence-electron chi connectivity index (χ3n) is 3.72. The fourth-order valence-corrected chi connectivity index (χ4v) is 2.76. The molecule has 0 saturated carbocycles. The van der Waals surface area contributed by atoms with Crippen LogP contribution in [0.2, 0.25) is 5.02 Å². The lowest BCUT2D eigenvalue weighted by Gasteiger charge is -2.20. The van der Waals surface area contributed by atoms with Crippen LogP contribution in [0.3, 0.4) is 0 Å². The molecule has 1 atom stereocenters. The maximum absolute atomic E-state index is 12.3. The number of rotatable bonds is 7. The molecule has 0 radical (unpaired) electrons. The first kappa shape index (κ1) is 19.9. The number of benzene rings is 1. The van der Waals surface area contributed by atoms with Gasteiger partial charge >= 0.3 is 17.8 Å². The van der Waals surface area contributed by atoms with Crippen LogP contribution in [0.15, 0.2) is 24.3 Å². The number of halogens is 1. The van der Waals surface area contributed by atoms with Crippen LogP contribution in [-0.2, 0) is 14.4 Å². The zero-order valence-electron chi connectivity index (χ0n) is 14.9. The van der Waals surface area contributed by atoms with E-state index in [9.17, 15) is 19.2 Å². The molecule has 140 valence electrons. The summed E-state index contributed by atoms with van der Waals surface area (Å²) in [7, 11) is 1.66. The van der Waals surface area contributed by atoms with Crippen molar-refractivity contribution in [3.8, 4) is 0 Å². The lowest BCUT2D eigenvalue weighted by Crippen LogP contribution is -3.11. The molecule has 1 aromatic rings. The third-order valence-corrected chi connectivity index (χ3v) is 4.05. The summed E-state index contributed by atoms with van der Waals surface area (Å²) in [6, 6.07) is 6.18. The van der Waals surface area contributed by atoms with E-state index in [-0.39, 0.29) is 31.6 Å². The summed E-state index contributed by atoms with van der Waals surface area (Å²) >= 11 is 5.99. The lowest BCUT2D eigenvalue weighted by atomic mass is 10.2. The van der Waals surface area contributed by atoms with Crippen LogP contribution in [0.5, 0.6) is 0 Å². The molecule has 1 fully saturated rings. The molecular formula is C17H22ClN4O4+. The molecule has 1 unspecified atom stereocenters. The zero-order chi connectivity index (χ0) is 19.4. The SMILES string of the molecule is CC(C)CN1C(=O)C(=O)N(C[NH+](C)CC(=O)Nc2ccccc2Cl)C1=O. The van der Waals surface area contributed by atoms with Crippen LogP contribution in [0.4, 0.5) is 10.5 Å². The minimum Gasteiger partial charge on any atom is -0.320 e. The fraction of sp³-hybridized carbons (Fsp3) is 0.412. The van der Waals surface area contributed by atoms with Crippen LogP contribution in [0, 0.1) is 5.92 Å². The average Bonchev–Trinajstić information content (AvgIpc) is 2.74. The Hall–Kier alpha value is -2.45. The number of anilines is 1. The summed E-state index contributed by atoms with van der Waals surface area (Å²) in [4.78, 5) is 50.8. The van der Waals surface area contributed by atoms with E-state index in [1.807, 2.05) is 13.8 Å². The first-order valence-electron chi connectivity index (χ1n) is 8.23. The van der Waals surface area contributed by atoms with Crippen LogP contribution in [-0.4, -0.2) is 60.4 Å². The largest absolute Gasteiger partial charge is 0.338 e. The molecular weight excluding hydrogens is 360 g/mol. The van der Waals surface area contributed by atoms with Crippen LogP contribution in [0.1, 0.15) is 13.8 Å². The van der Waals surface area contributed by atoms with E-state index in [0.29, 0.717) is 15.6 Å². The Morgan fingerprint density at radius 2 is 1.77 bits per heavy atom. The maximum Gasteiger partial charge on any atom is 0.338 e. The van der Waals surface area contributed by atoms with E-state index in [1.165, 1.54) is 0 Å². The molecule has 1 aliphatic heterocycles. The molecule has 0 aromatic heterocycles. The normalized spacial score (nSPS) is 15.8. The van der Waals surface area contributed by atoms with Gasteiger partial charge in [-0.15, -0.1) is 0 Å². The maximum atomic E-state index is 12.3. The number of likely N-dealkylation sites (N-methyl/N-ethyl adjacent to an activating group) is 1. The zero-order valence-corrected chi connectivity index (χ0v) is 15.7. The smallest absolute Gasteiger partial charge is 0.320 e. The third kappa shape index (κ3) is 4.59. The number of imide groups is 2. The Labute approximate surface area is 156 Å². The number of nitrogens with one attached hydrogen (secondary N) is 2. The minimum atomic E-state index is -0.860. The highest BCUT2D eigenvalue weighted by molar-refractivity contribution is 6.44. The predicted molar refractivity (Wildman–Crippen MR) is 95.5 cm³/mol. The van der Waals surface area contributed by atoms with Gasteiger partial charge < -0.3 is 10.2 Å². The van der Waals surface area contributed by atoms with Gasteiger partial charge in [0, 0.05) is 6.54 Å². The van der Waals surface area contributed by atoms with Gasteiger partial charge in [0.1, 0.15) is 0 Å². The van der Waals surface area contributed by atoms with Crippen molar-refractivity contribution < 1.29 is 24.1 Å². The van der Waals surface area contributed by atoms with E-state index in [0.717, 1.165) is 9.80 Å². The second kappa shape index (κ2) is 8.29. The van der Waals surface area contributed by atoms with Crippen LogP contribution >= 0.6 is 11.6 Å². The number of nitrogens with zero attached hydrogens (tertiary/aromatic N) is 2. The summed E-state index contributed by atoms with van der Waals surface area (Å²) in [6.45, 7) is 3.81. The number of hydrogen-bond donors (Lipinski definition) is 2. The van der Waals surface area contributed by atoms with Gasteiger partial charge in [-0.1, -0.05) is 37.6 Å². The Bertz CT molecular complexity index is 737. The average molecular weight is 382 g/mol. The molecule has 0 aliphatic carbocycles. The second-order valence-electron chi connectivity index (χ2n) is 6.65. The molecule has 8 nitrogen and oxygen atoms in total. The monoisotopic (exact) mass is 381 g/mol. The Morgan fingerprint density at radius 3 is 2.38 bits per heavy atom. The Balaban J connectivity index is 1.94. The Kier molecular flexibility index (Phi) is 6.33. The van der Waals surface area contributed by atoms with Gasteiger partial charge in [0.05, 0.1) is 17.8 Å². The molecule has 1 heterocycles.